The zero-order chi connectivity index (χ0) is 18.3. The number of fused-ring (bicyclic) bond motifs is 1. The second-order valence-electron chi connectivity index (χ2n) is 8.45. The van der Waals surface area contributed by atoms with E-state index in [1.165, 1.54) is 0 Å². The van der Waals surface area contributed by atoms with Gasteiger partial charge in [0.2, 0.25) is 0 Å². The van der Waals surface area contributed by atoms with Crippen LogP contribution in [-0.4, -0.2) is 44.2 Å². The third-order valence-corrected chi connectivity index (χ3v) is 5.10. The molecule has 0 unspecified atom stereocenters. The Hall–Kier alpha value is -1.99. The third kappa shape index (κ3) is 3.59. The molecule has 4 rings (SSSR count). The van der Waals surface area contributed by atoms with Crippen LogP contribution in [0, 0.1) is 5.92 Å². The first-order valence-electron chi connectivity index (χ1n) is 9.33. The van der Waals surface area contributed by atoms with E-state index in [-0.39, 0.29) is 11.0 Å². The first-order valence-corrected chi connectivity index (χ1v) is 9.33. The Morgan fingerprint density at radius 3 is 2.77 bits per heavy atom. The van der Waals surface area contributed by atoms with E-state index in [4.69, 9.17) is 4.74 Å². The molecule has 2 aromatic rings. The number of rotatable bonds is 4. The van der Waals surface area contributed by atoms with Gasteiger partial charge in [0.1, 0.15) is 0 Å². The molecule has 0 atom stereocenters. The fraction of sp³-hybridized carbons (Fsp3) is 0.632. The zero-order valence-electron chi connectivity index (χ0n) is 15.8. The van der Waals surface area contributed by atoms with E-state index in [1.54, 1.807) is 10.7 Å². The molecule has 7 nitrogen and oxygen atoms in total. The molecule has 2 aromatic heterocycles. The van der Waals surface area contributed by atoms with Crippen LogP contribution in [0.3, 0.4) is 0 Å². The lowest BCUT2D eigenvalue weighted by Crippen LogP contribution is -2.49. The highest BCUT2D eigenvalue weighted by molar-refractivity contribution is 5.12. The van der Waals surface area contributed by atoms with E-state index < -0.39 is 0 Å². The second-order valence-corrected chi connectivity index (χ2v) is 8.45. The van der Waals surface area contributed by atoms with Gasteiger partial charge in [0.05, 0.1) is 43.4 Å². The molecule has 0 aromatic carbocycles. The number of nitrogens with zero attached hydrogens (tertiary/aromatic N) is 5. The number of likely N-dealkylation sites (tertiary alicyclic amines) is 1. The van der Waals surface area contributed by atoms with Crippen molar-refractivity contribution in [3.05, 3.63) is 45.6 Å². The highest BCUT2D eigenvalue weighted by Crippen LogP contribution is 2.22. The first-order chi connectivity index (χ1) is 12.4. The molecule has 2 aliphatic heterocycles. The maximum absolute atomic E-state index is 12.1. The predicted octanol–water partition coefficient (Wildman–Crippen LogP) is 1.40. The molecule has 0 spiro atoms. The van der Waals surface area contributed by atoms with Crippen molar-refractivity contribution in [3.63, 3.8) is 0 Å². The van der Waals surface area contributed by atoms with Gasteiger partial charge in [-0.1, -0.05) is 20.8 Å². The lowest BCUT2D eigenvalue weighted by Gasteiger charge is -2.38. The molecule has 26 heavy (non-hydrogen) atoms. The first kappa shape index (κ1) is 17.4. The van der Waals surface area contributed by atoms with Gasteiger partial charge in [0.15, 0.2) is 0 Å². The minimum absolute atomic E-state index is 0.0155. The molecule has 4 heterocycles. The van der Waals surface area contributed by atoms with Crippen LogP contribution < -0.4 is 5.56 Å². The SMILES string of the molecule is CC(C)(C)c1ccc(=O)n(CC2CN(Cc3cc4n(n3)CCOC4)C2)n1. The summed E-state index contributed by atoms with van der Waals surface area (Å²) in [5, 5.41) is 9.24. The lowest BCUT2D eigenvalue weighted by atomic mass is 9.92. The summed E-state index contributed by atoms with van der Waals surface area (Å²) in [7, 11) is 0. The van der Waals surface area contributed by atoms with Crippen LogP contribution in [0.1, 0.15) is 37.9 Å². The van der Waals surface area contributed by atoms with Gasteiger partial charge in [0, 0.05) is 37.0 Å². The van der Waals surface area contributed by atoms with E-state index in [9.17, 15) is 4.79 Å². The largest absolute Gasteiger partial charge is 0.373 e. The standard InChI is InChI=1S/C19H27N5O2/c1-19(2,3)17-4-5-18(25)24(21-17)11-14-9-22(10-14)12-15-8-16-13-26-7-6-23(16)20-15/h4-5,8,14H,6-7,9-13H2,1-3H3. The van der Waals surface area contributed by atoms with E-state index in [1.807, 2.05) is 6.07 Å². The lowest BCUT2D eigenvalue weighted by molar-refractivity contribution is 0.0735. The minimum Gasteiger partial charge on any atom is -0.373 e. The molecule has 2 aliphatic rings. The summed E-state index contributed by atoms with van der Waals surface area (Å²) in [6.07, 6.45) is 0. The van der Waals surface area contributed by atoms with Crippen LogP contribution in [0.4, 0.5) is 0 Å². The van der Waals surface area contributed by atoms with Crippen molar-refractivity contribution in [1.29, 1.82) is 0 Å². The van der Waals surface area contributed by atoms with Crippen molar-refractivity contribution in [2.24, 2.45) is 5.92 Å². The Balaban J connectivity index is 1.34. The predicted molar refractivity (Wildman–Crippen MR) is 97.8 cm³/mol. The second kappa shape index (κ2) is 6.63. The van der Waals surface area contributed by atoms with Gasteiger partial charge in [-0.3, -0.25) is 14.4 Å². The monoisotopic (exact) mass is 357 g/mol. The molecule has 0 amide bonds. The average Bonchev–Trinajstić information content (AvgIpc) is 2.96. The average molecular weight is 357 g/mol. The van der Waals surface area contributed by atoms with E-state index in [0.29, 0.717) is 19.1 Å². The quantitative estimate of drug-likeness (QED) is 0.828. The van der Waals surface area contributed by atoms with Crippen LogP contribution in [0.15, 0.2) is 23.0 Å². The Morgan fingerprint density at radius 1 is 1.23 bits per heavy atom. The summed E-state index contributed by atoms with van der Waals surface area (Å²) in [6, 6.07) is 5.63. The van der Waals surface area contributed by atoms with Crippen molar-refractivity contribution in [1.82, 2.24) is 24.5 Å². The normalized spacial score (nSPS) is 18.6. The van der Waals surface area contributed by atoms with Crippen molar-refractivity contribution >= 4 is 0 Å². The summed E-state index contributed by atoms with van der Waals surface area (Å²) < 4.78 is 9.16. The molecule has 0 bridgehead atoms. The fourth-order valence-electron chi connectivity index (χ4n) is 3.60. The maximum Gasteiger partial charge on any atom is 0.266 e. The molecular weight excluding hydrogens is 330 g/mol. The molecular formula is C19H27N5O2. The van der Waals surface area contributed by atoms with Crippen LogP contribution >= 0.6 is 0 Å². The van der Waals surface area contributed by atoms with Crippen molar-refractivity contribution in [2.75, 3.05) is 19.7 Å². The Morgan fingerprint density at radius 2 is 2.04 bits per heavy atom. The molecule has 1 fully saturated rings. The van der Waals surface area contributed by atoms with E-state index in [2.05, 4.69) is 46.6 Å². The highest BCUT2D eigenvalue weighted by Gasteiger charge is 2.29. The summed E-state index contributed by atoms with van der Waals surface area (Å²) in [4.78, 5) is 14.5. The molecule has 1 saturated heterocycles. The van der Waals surface area contributed by atoms with Gasteiger partial charge in [-0.25, -0.2) is 4.68 Å². The van der Waals surface area contributed by atoms with Crippen molar-refractivity contribution < 1.29 is 4.74 Å². The molecule has 7 heteroatoms. The molecule has 0 saturated carbocycles. The van der Waals surface area contributed by atoms with Gasteiger partial charge in [-0.05, 0) is 12.1 Å². The van der Waals surface area contributed by atoms with Gasteiger partial charge in [-0.2, -0.15) is 10.2 Å². The summed E-state index contributed by atoms with van der Waals surface area (Å²) >= 11 is 0. The Bertz CT molecular complexity index is 819. The minimum atomic E-state index is -0.0506. The van der Waals surface area contributed by atoms with Crippen molar-refractivity contribution in [3.8, 4) is 0 Å². The smallest absolute Gasteiger partial charge is 0.266 e. The topological polar surface area (TPSA) is 65.2 Å². The molecule has 0 N–H and O–H groups in total. The zero-order valence-corrected chi connectivity index (χ0v) is 15.8. The number of hydrogen-bond acceptors (Lipinski definition) is 5. The van der Waals surface area contributed by atoms with Crippen LogP contribution in [-0.2, 0) is 36.4 Å². The van der Waals surface area contributed by atoms with Gasteiger partial charge < -0.3 is 4.74 Å². The van der Waals surface area contributed by atoms with Gasteiger partial charge in [-0.15, -0.1) is 0 Å². The maximum atomic E-state index is 12.1. The molecule has 140 valence electrons. The van der Waals surface area contributed by atoms with Crippen LogP contribution in [0.5, 0.6) is 0 Å². The van der Waals surface area contributed by atoms with Crippen LogP contribution in [0.25, 0.3) is 0 Å². The van der Waals surface area contributed by atoms with E-state index >= 15 is 0 Å². The molecule has 0 aliphatic carbocycles. The number of aromatic nitrogens is 4. The molecule has 0 radical (unpaired) electrons. The Labute approximate surface area is 153 Å². The summed E-state index contributed by atoms with van der Waals surface area (Å²) in [5.74, 6) is 0.469. The Kier molecular flexibility index (Phi) is 4.44. The van der Waals surface area contributed by atoms with Crippen molar-refractivity contribution in [2.45, 2.75) is 52.4 Å². The summed E-state index contributed by atoms with van der Waals surface area (Å²) in [6.45, 7) is 12.1. The van der Waals surface area contributed by atoms with Crippen LogP contribution in [0.2, 0.25) is 0 Å². The number of hydrogen-bond donors (Lipinski definition) is 0. The van der Waals surface area contributed by atoms with Gasteiger partial charge in [0.25, 0.3) is 5.56 Å². The number of ether oxygens (including phenoxy) is 1. The highest BCUT2D eigenvalue weighted by atomic mass is 16.5. The summed E-state index contributed by atoms with van der Waals surface area (Å²) in [5.41, 5.74) is 3.16. The van der Waals surface area contributed by atoms with E-state index in [0.717, 1.165) is 49.9 Å². The van der Waals surface area contributed by atoms with Gasteiger partial charge >= 0.3 is 0 Å². The fourth-order valence-corrected chi connectivity index (χ4v) is 3.60. The third-order valence-electron chi connectivity index (χ3n) is 5.10.